The van der Waals surface area contributed by atoms with E-state index in [0.29, 0.717) is 0 Å². The van der Waals surface area contributed by atoms with Crippen LogP contribution in [0, 0.1) is 0 Å². The van der Waals surface area contributed by atoms with Crippen molar-refractivity contribution in [2.24, 2.45) is 0 Å². The SMILES string of the molecule is CC(OCOCO)c1ccccc1. The van der Waals surface area contributed by atoms with E-state index in [2.05, 4.69) is 4.74 Å². The second kappa shape index (κ2) is 5.70. The van der Waals surface area contributed by atoms with Crippen molar-refractivity contribution in [1.29, 1.82) is 0 Å². The first-order chi connectivity index (χ1) is 6.34. The van der Waals surface area contributed by atoms with Crippen LogP contribution in [0.4, 0.5) is 0 Å². The fraction of sp³-hybridized carbons (Fsp3) is 0.400. The zero-order valence-corrected chi connectivity index (χ0v) is 7.64. The molecule has 0 aromatic heterocycles. The molecule has 0 aliphatic carbocycles. The minimum absolute atomic E-state index is 0.00671. The van der Waals surface area contributed by atoms with Gasteiger partial charge in [-0.15, -0.1) is 0 Å². The van der Waals surface area contributed by atoms with E-state index in [1.54, 1.807) is 0 Å². The molecule has 0 spiro atoms. The average Bonchev–Trinajstić information content (AvgIpc) is 2.19. The molecule has 0 fully saturated rings. The summed E-state index contributed by atoms with van der Waals surface area (Å²) in [7, 11) is 0. The number of aliphatic hydroxyl groups excluding tert-OH is 1. The van der Waals surface area contributed by atoms with Gasteiger partial charge in [0.2, 0.25) is 0 Å². The van der Waals surface area contributed by atoms with Crippen molar-refractivity contribution < 1.29 is 14.6 Å². The zero-order valence-electron chi connectivity index (χ0n) is 7.64. The molecule has 72 valence electrons. The Morgan fingerprint density at radius 3 is 2.62 bits per heavy atom. The maximum absolute atomic E-state index is 8.35. The van der Waals surface area contributed by atoms with Crippen molar-refractivity contribution in [2.75, 3.05) is 13.6 Å². The lowest BCUT2D eigenvalue weighted by Gasteiger charge is -2.12. The molecular formula is C10H14O3. The van der Waals surface area contributed by atoms with Crippen LogP contribution in [0.5, 0.6) is 0 Å². The van der Waals surface area contributed by atoms with Crippen molar-refractivity contribution >= 4 is 0 Å². The quantitative estimate of drug-likeness (QED) is 0.556. The first-order valence-electron chi connectivity index (χ1n) is 4.19. The van der Waals surface area contributed by atoms with E-state index < -0.39 is 0 Å². The third-order valence-electron chi connectivity index (χ3n) is 1.76. The summed E-state index contributed by atoms with van der Waals surface area (Å²) in [6.07, 6.45) is -0.00671. The molecule has 0 radical (unpaired) electrons. The summed E-state index contributed by atoms with van der Waals surface area (Å²) in [6.45, 7) is 1.75. The summed E-state index contributed by atoms with van der Waals surface area (Å²) < 4.78 is 9.95. The fourth-order valence-corrected chi connectivity index (χ4v) is 1.01. The molecule has 1 aromatic rings. The molecule has 0 heterocycles. The molecule has 1 atom stereocenters. The minimum Gasteiger partial charge on any atom is -0.371 e. The van der Waals surface area contributed by atoms with E-state index in [-0.39, 0.29) is 19.7 Å². The van der Waals surface area contributed by atoms with Crippen LogP contribution in [0.15, 0.2) is 30.3 Å². The number of ether oxygens (including phenoxy) is 2. The summed E-state index contributed by atoms with van der Waals surface area (Å²) in [5, 5.41) is 8.35. The zero-order chi connectivity index (χ0) is 9.52. The van der Waals surface area contributed by atoms with Gasteiger partial charge in [-0.25, -0.2) is 0 Å². The van der Waals surface area contributed by atoms with E-state index in [9.17, 15) is 0 Å². The van der Waals surface area contributed by atoms with Gasteiger partial charge in [-0.1, -0.05) is 30.3 Å². The van der Waals surface area contributed by atoms with Gasteiger partial charge in [0.25, 0.3) is 0 Å². The molecule has 3 nitrogen and oxygen atoms in total. The number of aliphatic hydroxyl groups is 1. The molecule has 1 rings (SSSR count). The van der Waals surface area contributed by atoms with Gasteiger partial charge in [-0.3, -0.25) is 0 Å². The van der Waals surface area contributed by atoms with Gasteiger partial charge in [-0.05, 0) is 12.5 Å². The van der Waals surface area contributed by atoms with Crippen LogP contribution in [0.1, 0.15) is 18.6 Å². The molecule has 3 heteroatoms. The van der Waals surface area contributed by atoms with Gasteiger partial charge in [0.15, 0.2) is 0 Å². The molecule has 0 saturated heterocycles. The third kappa shape index (κ3) is 3.55. The van der Waals surface area contributed by atoms with Crippen molar-refractivity contribution in [3.8, 4) is 0 Å². The van der Waals surface area contributed by atoms with Gasteiger partial charge < -0.3 is 14.6 Å². The van der Waals surface area contributed by atoms with E-state index in [1.807, 2.05) is 37.3 Å². The van der Waals surface area contributed by atoms with Crippen LogP contribution >= 0.6 is 0 Å². The molecule has 0 aliphatic heterocycles. The Balaban J connectivity index is 2.35. The van der Waals surface area contributed by atoms with Crippen LogP contribution in [-0.2, 0) is 9.47 Å². The molecule has 0 amide bonds. The Bertz CT molecular complexity index is 223. The van der Waals surface area contributed by atoms with Gasteiger partial charge in [0, 0.05) is 0 Å². The second-order valence-electron chi connectivity index (χ2n) is 2.67. The van der Waals surface area contributed by atoms with Gasteiger partial charge in [0.1, 0.15) is 13.6 Å². The van der Waals surface area contributed by atoms with Crippen molar-refractivity contribution in [2.45, 2.75) is 13.0 Å². The van der Waals surface area contributed by atoms with Crippen molar-refractivity contribution in [3.05, 3.63) is 35.9 Å². The molecule has 0 aliphatic rings. The van der Waals surface area contributed by atoms with Gasteiger partial charge in [0.05, 0.1) is 6.10 Å². The first-order valence-corrected chi connectivity index (χ1v) is 4.19. The van der Waals surface area contributed by atoms with Crippen molar-refractivity contribution in [3.63, 3.8) is 0 Å². The smallest absolute Gasteiger partial charge is 0.150 e. The highest BCUT2D eigenvalue weighted by atomic mass is 16.7. The number of hydrogen-bond donors (Lipinski definition) is 1. The van der Waals surface area contributed by atoms with Crippen LogP contribution in [0.2, 0.25) is 0 Å². The molecule has 0 saturated carbocycles. The Hall–Kier alpha value is -0.900. The monoisotopic (exact) mass is 182 g/mol. The Morgan fingerprint density at radius 1 is 1.31 bits per heavy atom. The van der Waals surface area contributed by atoms with E-state index in [4.69, 9.17) is 9.84 Å². The van der Waals surface area contributed by atoms with Crippen LogP contribution < -0.4 is 0 Å². The Labute approximate surface area is 77.9 Å². The van der Waals surface area contributed by atoms with Crippen molar-refractivity contribution in [1.82, 2.24) is 0 Å². The fourth-order valence-electron chi connectivity index (χ4n) is 1.01. The number of rotatable bonds is 5. The van der Waals surface area contributed by atoms with Gasteiger partial charge in [-0.2, -0.15) is 0 Å². The number of hydrogen-bond acceptors (Lipinski definition) is 3. The van der Waals surface area contributed by atoms with Gasteiger partial charge >= 0.3 is 0 Å². The molecular weight excluding hydrogens is 168 g/mol. The highest BCUT2D eigenvalue weighted by Crippen LogP contribution is 2.15. The predicted octanol–water partition coefficient (Wildman–Crippen LogP) is 1.69. The highest BCUT2D eigenvalue weighted by molar-refractivity contribution is 5.16. The lowest BCUT2D eigenvalue weighted by atomic mass is 10.1. The third-order valence-corrected chi connectivity index (χ3v) is 1.76. The van der Waals surface area contributed by atoms with Crippen LogP contribution in [-0.4, -0.2) is 18.7 Å². The summed E-state index contributed by atoms with van der Waals surface area (Å²) in [5.41, 5.74) is 1.10. The van der Waals surface area contributed by atoms with Crippen LogP contribution in [0.25, 0.3) is 0 Å². The maximum Gasteiger partial charge on any atom is 0.150 e. The lowest BCUT2D eigenvalue weighted by molar-refractivity contribution is -0.129. The molecule has 1 aromatic carbocycles. The molecule has 13 heavy (non-hydrogen) atoms. The largest absolute Gasteiger partial charge is 0.371 e. The van der Waals surface area contributed by atoms with E-state index in [0.717, 1.165) is 5.56 Å². The average molecular weight is 182 g/mol. The maximum atomic E-state index is 8.35. The predicted molar refractivity (Wildman–Crippen MR) is 49.0 cm³/mol. The molecule has 1 unspecified atom stereocenters. The topological polar surface area (TPSA) is 38.7 Å². The Morgan fingerprint density at radius 2 is 2.00 bits per heavy atom. The minimum atomic E-state index is -0.304. The lowest BCUT2D eigenvalue weighted by Crippen LogP contribution is -2.05. The first kappa shape index (κ1) is 10.2. The van der Waals surface area contributed by atoms with E-state index in [1.165, 1.54) is 0 Å². The Kier molecular flexibility index (Phi) is 4.46. The summed E-state index contributed by atoms with van der Waals surface area (Å²) in [5.74, 6) is 0. The summed E-state index contributed by atoms with van der Waals surface area (Å²) in [6, 6.07) is 9.86. The van der Waals surface area contributed by atoms with Crippen LogP contribution in [0.3, 0.4) is 0 Å². The standard InChI is InChI=1S/C10H14O3/c1-9(13-8-12-7-11)10-5-3-2-4-6-10/h2-6,9,11H,7-8H2,1H3. The normalized spacial score (nSPS) is 12.8. The molecule has 0 bridgehead atoms. The van der Waals surface area contributed by atoms with E-state index >= 15 is 0 Å². The summed E-state index contributed by atoms with van der Waals surface area (Å²) >= 11 is 0. The molecule has 1 N–H and O–H groups in total. The highest BCUT2D eigenvalue weighted by Gasteiger charge is 2.03. The number of benzene rings is 1. The second-order valence-corrected chi connectivity index (χ2v) is 2.67. The summed E-state index contributed by atoms with van der Waals surface area (Å²) in [4.78, 5) is 0.